The van der Waals surface area contributed by atoms with Crippen LogP contribution in [-0.4, -0.2) is 48.1 Å². The summed E-state index contributed by atoms with van der Waals surface area (Å²) in [4.78, 5) is 6.79. The van der Waals surface area contributed by atoms with Crippen molar-refractivity contribution in [3.63, 3.8) is 0 Å². The van der Waals surface area contributed by atoms with Gasteiger partial charge in [0.05, 0.1) is 6.54 Å². The predicted octanol–water partition coefficient (Wildman–Crippen LogP) is -0.352. The number of nitrogens with one attached hydrogen (secondary N) is 1. The van der Waals surface area contributed by atoms with Crippen LogP contribution in [0.4, 0.5) is 0 Å². The van der Waals surface area contributed by atoms with Gasteiger partial charge in [0, 0.05) is 33.5 Å². The number of hydrogen-bond acceptors (Lipinski definition) is 3. The molecule has 0 saturated heterocycles. The van der Waals surface area contributed by atoms with E-state index in [9.17, 15) is 8.42 Å². The van der Waals surface area contributed by atoms with Gasteiger partial charge < -0.3 is 4.98 Å². The number of H-pyrrole nitrogens is 1. The summed E-state index contributed by atoms with van der Waals surface area (Å²) in [5, 5.41) is 0. The summed E-state index contributed by atoms with van der Waals surface area (Å²) >= 11 is 0. The first-order valence-corrected chi connectivity index (χ1v) is 5.46. The molecule has 0 aliphatic carbocycles. The van der Waals surface area contributed by atoms with Crippen molar-refractivity contribution in [2.75, 3.05) is 21.1 Å². The SMILES string of the molecule is CN(C)S(=O)(=O)N(C)Cc1ncc[nH]1. The van der Waals surface area contributed by atoms with E-state index in [1.54, 1.807) is 12.4 Å². The number of rotatable bonds is 4. The topological polar surface area (TPSA) is 69.3 Å². The van der Waals surface area contributed by atoms with Crippen LogP contribution in [0.2, 0.25) is 0 Å². The Morgan fingerprint density at radius 2 is 2.07 bits per heavy atom. The highest BCUT2D eigenvalue weighted by Gasteiger charge is 2.20. The fourth-order valence-electron chi connectivity index (χ4n) is 0.956. The molecule has 0 aliphatic heterocycles. The molecule has 0 aromatic carbocycles. The van der Waals surface area contributed by atoms with E-state index in [0.717, 1.165) is 4.31 Å². The van der Waals surface area contributed by atoms with Crippen LogP contribution in [0, 0.1) is 0 Å². The van der Waals surface area contributed by atoms with Gasteiger partial charge in [0.15, 0.2) is 0 Å². The van der Waals surface area contributed by atoms with Gasteiger partial charge in [-0.15, -0.1) is 0 Å². The van der Waals surface area contributed by atoms with Gasteiger partial charge in [0.25, 0.3) is 10.2 Å². The Morgan fingerprint density at radius 3 is 2.50 bits per heavy atom. The van der Waals surface area contributed by atoms with E-state index in [0.29, 0.717) is 5.82 Å². The van der Waals surface area contributed by atoms with Crippen LogP contribution in [0.25, 0.3) is 0 Å². The van der Waals surface area contributed by atoms with Crippen molar-refractivity contribution >= 4 is 10.2 Å². The van der Waals surface area contributed by atoms with E-state index >= 15 is 0 Å². The van der Waals surface area contributed by atoms with Crippen LogP contribution in [0.5, 0.6) is 0 Å². The average molecular weight is 218 g/mol. The second-order valence-electron chi connectivity index (χ2n) is 3.08. The molecule has 0 bridgehead atoms. The minimum atomic E-state index is -3.35. The van der Waals surface area contributed by atoms with Crippen LogP contribution in [0.1, 0.15) is 5.82 Å². The van der Waals surface area contributed by atoms with E-state index in [-0.39, 0.29) is 6.54 Å². The molecule has 0 radical (unpaired) electrons. The largest absolute Gasteiger partial charge is 0.347 e. The van der Waals surface area contributed by atoms with Crippen molar-refractivity contribution < 1.29 is 8.42 Å². The lowest BCUT2D eigenvalue weighted by Gasteiger charge is -2.20. The highest BCUT2D eigenvalue weighted by Crippen LogP contribution is 2.04. The number of imidazole rings is 1. The lowest BCUT2D eigenvalue weighted by molar-refractivity contribution is 0.409. The van der Waals surface area contributed by atoms with Gasteiger partial charge in [0.2, 0.25) is 0 Å². The number of aromatic amines is 1. The van der Waals surface area contributed by atoms with Crippen molar-refractivity contribution in [3.8, 4) is 0 Å². The standard InChI is InChI=1S/C7H14N4O2S/c1-10(2)14(12,13)11(3)6-7-8-4-5-9-7/h4-5H,6H2,1-3H3,(H,8,9). The lowest BCUT2D eigenvalue weighted by Crippen LogP contribution is -2.37. The van der Waals surface area contributed by atoms with Crippen LogP contribution in [0.15, 0.2) is 12.4 Å². The van der Waals surface area contributed by atoms with Gasteiger partial charge in [-0.1, -0.05) is 0 Å². The maximum atomic E-state index is 11.6. The van der Waals surface area contributed by atoms with Crippen LogP contribution in [0.3, 0.4) is 0 Å². The smallest absolute Gasteiger partial charge is 0.281 e. The zero-order valence-electron chi connectivity index (χ0n) is 8.43. The molecule has 80 valence electrons. The molecular formula is C7H14N4O2S. The molecule has 1 aromatic heterocycles. The first-order chi connectivity index (χ1) is 6.44. The minimum Gasteiger partial charge on any atom is -0.347 e. The monoisotopic (exact) mass is 218 g/mol. The Labute approximate surface area is 83.7 Å². The highest BCUT2D eigenvalue weighted by atomic mass is 32.2. The first-order valence-electron chi connectivity index (χ1n) is 4.06. The lowest BCUT2D eigenvalue weighted by atomic mass is 10.6. The molecule has 1 N–H and O–H groups in total. The van der Waals surface area contributed by atoms with Crippen molar-refractivity contribution in [2.45, 2.75) is 6.54 Å². The Hall–Kier alpha value is -0.920. The molecule has 0 amide bonds. The highest BCUT2D eigenvalue weighted by molar-refractivity contribution is 7.86. The number of hydrogen-bond donors (Lipinski definition) is 1. The first kappa shape index (κ1) is 11.2. The van der Waals surface area contributed by atoms with E-state index in [1.807, 2.05) is 0 Å². The van der Waals surface area contributed by atoms with Gasteiger partial charge >= 0.3 is 0 Å². The molecule has 1 heterocycles. The van der Waals surface area contributed by atoms with Gasteiger partial charge in [-0.25, -0.2) is 4.98 Å². The molecule has 1 aromatic rings. The summed E-state index contributed by atoms with van der Waals surface area (Å²) < 4.78 is 25.5. The van der Waals surface area contributed by atoms with Gasteiger partial charge in [0.1, 0.15) is 5.82 Å². The molecule has 0 atom stereocenters. The van der Waals surface area contributed by atoms with Crippen molar-refractivity contribution in [1.82, 2.24) is 18.6 Å². The second-order valence-corrected chi connectivity index (χ2v) is 5.33. The average Bonchev–Trinajstić information content (AvgIpc) is 2.56. The van der Waals surface area contributed by atoms with E-state index in [2.05, 4.69) is 9.97 Å². The Balaban J connectivity index is 2.72. The molecule has 7 heteroatoms. The molecule has 6 nitrogen and oxygen atoms in total. The second kappa shape index (κ2) is 4.07. The van der Waals surface area contributed by atoms with Crippen LogP contribution >= 0.6 is 0 Å². The van der Waals surface area contributed by atoms with E-state index < -0.39 is 10.2 Å². The van der Waals surface area contributed by atoms with Crippen molar-refractivity contribution in [2.24, 2.45) is 0 Å². The molecule has 1 rings (SSSR count). The summed E-state index contributed by atoms with van der Waals surface area (Å²) in [6, 6.07) is 0. The van der Waals surface area contributed by atoms with Gasteiger partial charge in [-0.3, -0.25) is 0 Å². The van der Waals surface area contributed by atoms with Gasteiger partial charge in [-0.2, -0.15) is 17.0 Å². The third kappa shape index (κ3) is 2.31. The van der Waals surface area contributed by atoms with Crippen molar-refractivity contribution in [3.05, 3.63) is 18.2 Å². The molecule has 0 fully saturated rings. The Kier molecular flexibility index (Phi) is 3.25. The molecule has 0 aliphatic rings. The summed E-state index contributed by atoms with van der Waals surface area (Å²) in [6.45, 7) is 0.244. The molecule has 0 spiro atoms. The third-order valence-electron chi connectivity index (χ3n) is 1.78. The fraction of sp³-hybridized carbons (Fsp3) is 0.571. The zero-order chi connectivity index (χ0) is 10.8. The fourth-order valence-corrected chi connectivity index (χ4v) is 1.80. The van der Waals surface area contributed by atoms with E-state index in [1.165, 1.54) is 25.4 Å². The Morgan fingerprint density at radius 1 is 1.43 bits per heavy atom. The third-order valence-corrected chi connectivity index (χ3v) is 3.62. The Bertz CT molecular complexity index is 370. The minimum absolute atomic E-state index is 0.244. The summed E-state index contributed by atoms with van der Waals surface area (Å²) in [5.41, 5.74) is 0. The maximum absolute atomic E-state index is 11.6. The van der Waals surface area contributed by atoms with E-state index in [4.69, 9.17) is 0 Å². The summed E-state index contributed by atoms with van der Waals surface area (Å²) in [5.74, 6) is 0.623. The molecule has 0 saturated carbocycles. The van der Waals surface area contributed by atoms with Crippen LogP contribution < -0.4 is 0 Å². The normalized spacial score (nSPS) is 12.6. The molecule has 14 heavy (non-hydrogen) atoms. The molecular weight excluding hydrogens is 204 g/mol. The number of aromatic nitrogens is 2. The summed E-state index contributed by atoms with van der Waals surface area (Å²) in [7, 11) is 1.15. The zero-order valence-corrected chi connectivity index (χ0v) is 9.24. The predicted molar refractivity (Wildman–Crippen MR) is 52.7 cm³/mol. The quantitative estimate of drug-likeness (QED) is 0.751. The van der Waals surface area contributed by atoms with Crippen LogP contribution in [-0.2, 0) is 16.8 Å². The summed E-state index contributed by atoms with van der Waals surface area (Å²) in [6.07, 6.45) is 3.25. The molecule has 0 unspecified atom stereocenters. The number of nitrogens with zero attached hydrogens (tertiary/aromatic N) is 3. The maximum Gasteiger partial charge on any atom is 0.281 e. The van der Waals surface area contributed by atoms with Gasteiger partial charge in [-0.05, 0) is 0 Å². The van der Waals surface area contributed by atoms with Crippen molar-refractivity contribution in [1.29, 1.82) is 0 Å².